The van der Waals surface area contributed by atoms with Gasteiger partial charge in [0.05, 0.1) is 17.8 Å². The topological polar surface area (TPSA) is 97.3 Å². The average Bonchev–Trinajstić information content (AvgIpc) is 2.86. The molecule has 0 unspecified atom stereocenters. The number of aromatic nitrogens is 2. The maximum Gasteiger partial charge on any atom is 0.323 e. The highest BCUT2D eigenvalue weighted by Gasteiger charge is 2.17. The number of rotatable bonds is 8. The smallest absolute Gasteiger partial charge is 0.323 e. The second kappa shape index (κ2) is 11.3. The maximum atomic E-state index is 14.7. The van der Waals surface area contributed by atoms with Gasteiger partial charge in [-0.15, -0.1) is 0 Å². The Hall–Kier alpha value is -3.76. The SMILES string of the molecule is CCn1c(=O)c(-c2cc(NC(=O)Nc3ccccc3)c(F)cc2Br)cc2cnc(NCCOC)cc21. The lowest BCUT2D eigenvalue weighted by atomic mass is 10.0. The summed E-state index contributed by atoms with van der Waals surface area (Å²) in [4.78, 5) is 30.4. The molecule has 0 saturated heterocycles. The summed E-state index contributed by atoms with van der Waals surface area (Å²) in [6.45, 7) is 3.41. The van der Waals surface area contributed by atoms with Gasteiger partial charge in [0.1, 0.15) is 11.6 Å². The van der Waals surface area contributed by atoms with Gasteiger partial charge in [0.15, 0.2) is 0 Å². The van der Waals surface area contributed by atoms with Crippen LogP contribution in [0.1, 0.15) is 6.92 Å². The Labute approximate surface area is 215 Å². The van der Waals surface area contributed by atoms with Crippen LogP contribution >= 0.6 is 15.9 Å². The highest BCUT2D eigenvalue weighted by molar-refractivity contribution is 9.10. The number of para-hydroxylation sites is 1. The number of nitrogens with one attached hydrogen (secondary N) is 3. The van der Waals surface area contributed by atoms with E-state index in [9.17, 15) is 14.0 Å². The van der Waals surface area contributed by atoms with Crippen molar-refractivity contribution in [3.8, 4) is 11.1 Å². The summed E-state index contributed by atoms with van der Waals surface area (Å²) in [5, 5.41) is 9.09. The number of carbonyl (C=O) groups excluding carboxylic acids is 1. The summed E-state index contributed by atoms with van der Waals surface area (Å²) in [5.41, 5.74) is 1.79. The van der Waals surface area contributed by atoms with Crippen LogP contribution in [0.25, 0.3) is 22.0 Å². The van der Waals surface area contributed by atoms with E-state index >= 15 is 0 Å². The number of aryl methyl sites for hydroxylation is 1. The molecular weight excluding hydrogens is 529 g/mol. The van der Waals surface area contributed by atoms with Crippen molar-refractivity contribution < 1.29 is 13.9 Å². The molecule has 0 bridgehead atoms. The van der Waals surface area contributed by atoms with E-state index in [1.54, 1.807) is 48.2 Å². The van der Waals surface area contributed by atoms with Gasteiger partial charge < -0.3 is 25.3 Å². The monoisotopic (exact) mass is 553 g/mol. The first kappa shape index (κ1) is 25.3. The van der Waals surface area contributed by atoms with Crippen molar-refractivity contribution in [2.75, 3.05) is 36.2 Å². The second-order valence-corrected chi connectivity index (χ2v) is 8.77. The Kier molecular flexibility index (Phi) is 7.97. The van der Waals surface area contributed by atoms with Gasteiger partial charge in [0.25, 0.3) is 5.56 Å². The number of halogens is 2. The number of hydrogen-bond acceptors (Lipinski definition) is 5. The third kappa shape index (κ3) is 5.55. The molecule has 186 valence electrons. The number of methoxy groups -OCH3 is 1. The van der Waals surface area contributed by atoms with Crippen LogP contribution in [-0.2, 0) is 11.3 Å². The minimum absolute atomic E-state index is 0.0556. The molecule has 2 heterocycles. The minimum Gasteiger partial charge on any atom is -0.383 e. The van der Waals surface area contributed by atoms with Gasteiger partial charge in [0, 0.05) is 59.1 Å². The van der Waals surface area contributed by atoms with Gasteiger partial charge >= 0.3 is 6.03 Å². The van der Waals surface area contributed by atoms with Crippen LogP contribution in [0.4, 0.5) is 26.4 Å². The third-order valence-electron chi connectivity index (χ3n) is 5.53. The zero-order chi connectivity index (χ0) is 25.7. The van der Waals surface area contributed by atoms with Crippen molar-refractivity contribution >= 4 is 50.1 Å². The maximum absolute atomic E-state index is 14.7. The molecule has 36 heavy (non-hydrogen) atoms. The van der Waals surface area contributed by atoms with Crippen molar-refractivity contribution in [1.82, 2.24) is 9.55 Å². The van der Waals surface area contributed by atoms with Gasteiger partial charge in [-0.1, -0.05) is 34.1 Å². The van der Waals surface area contributed by atoms with E-state index < -0.39 is 11.8 Å². The summed E-state index contributed by atoms with van der Waals surface area (Å²) in [7, 11) is 1.62. The van der Waals surface area contributed by atoms with Crippen molar-refractivity contribution in [2.45, 2.75) is 13.5 Å². The predicted molar refractivity (Wildman–Crippen MR) is 144 cm³/mol. The number of nitrogens with zero attached hydrogens (tertiary/aromatic N) is 2. The molecule has 0 aliphatic heterocycles. The summed E-state index contributed by atoms with van der Waals surface area (Å²) in [6, 6.07) is 14.4. The Morgan fingerprint density at radius 2 is 1.89 bits per heavy atom. The molecule has 0 fully saturated rings. The van der Waals surface area contributed by atoms with E-state index in [1.165, 1.54) is 12.1 Å². The summed E-state index contributed by atoms with van der Waals surface area (Å²) in [5.74, 6) is -0.00772. The second-order valence-electron chi connectivity index (χ2n) is 7.91. The predicted octanol–water partition coefficient (Wildman–Crippen LogP) is 5.69. The molecule has 2 aromatic heterocycles. The normalized spacial score (nSPS) is 10.9. The van der Waals surface area contributed by atoms with Gasteiger partial charge in [-0.05, 0) is 37.3 Å². The number of ether oxygens (including phenoxy) is 1. The first-order chi connectivity index (χ1) is 17.4. The molecule has 0 spiro atoms. The molecular formula is C26H25BrFN5O3. The summed E-state index contributed by atoms with van der Waals surface area (Å²) in [6.07, 6.45) is 1.68. The van der Waals surface area contributed by atoms with Gasteiger partial charge in [-0.3, -0.25) is 4.79 Å². The minimum atomic E-state index is -0.640. The van der Waals surface area contributed by atoms with E-state index in [-0.39, 0.29) is 11.2 Å². The Bertz CT molecular complexity index is 1460. The highest BCUT2D eigenvalue weighted by Crippen LogP contribution is 2.33. The van der Waals surface area contributed by atoms with E-state index in [1.807, 2.05) is 19.1 Å². The fraction of sp³-hybridized carbons (Fsp3) is 0.192. The summed E-state index contributed by atoms with van der Waals surface area (Å²) < 4.78 is 21.8. The van der Waals surface area contributed by atoms with Gasteiger partial charge in [-0.25, -0.2) is 14.2 Å². The largest absolute Gasteiger partial charge is 0.383 e. The molecule has 0 atom stereocenters. The Morgan fingerprint density at radius 3 is 2.61 bits per heavy atom. The van der Waals surface area contributed by atoms with Gasteiger partial charge in [-0.2, -0.15) is 0 Å². The standard InChI is InChI=1S/C26H25BrFN5O3/c1-3-33-23-14-24(29-9-10-36-2)30-15-16(23)11-19(25(33)34)18-12-22(21(28)13-20(18)27)32-26(35)31-17-7-5-4-6-8-17/h4-8,11-15H,3,9-10H2,1-2H3,(H,29,30)(H2,31,32,35). The molecule has 8 nitrogen and oxygen atoms in total. The summed E-state index contributed by atoms with van der Waals surface area (Å²) >= 11 is 3.38. The van der Waals surface area contributed by atoms with E-state index in [2.05, 4.69) is 36.9 Å². The van der Waals surface area contributed by atoms with Gasteiger partial charge in [0.2, 0.25) is 0 Å². The number of carbonyl (C=O) groups is 1. The fourth-order valence-corrected chi connectivity index (χ4v) is 4.34. The van der Waals surface area contributed by atoms with Crippen molar-refractivity contribution in [3.05, 3.63) is 81.4 Å². The zero-order valence-corrected chi connectivity index (χ0v) is 21.4. The molecule has 4 aromatic rings. The molecule has 0 radical (unpaired) electrons. The van der Waals surface area contributed by atoms with Crippen LogP contribution in [-0.4, -0.2) is 35.8 Å². The number of pyridine rings is 2. The number of benzene rings is 2. The number of fused-ring (bicyclic) bond motifs is 1. The number of urea groups is 1. The quantitative estimate of drug-likeness (QED) is 0.243. The molecule has 2 amide bonds. The van der Waals surface area contributed by atoms with Crippen LogP contribution in [0.15, 0.2) is 70.1 Å². The molecule has 2 aromatic carbocycles. The van der Waals surface area contributed by atoms with Crippen molar-refractivity contribution in [3.63, 3.8) is 0 Å². The van der Waals surface area contributed by atoms with E-state index in [0.29, 0.717) is 46.8 Å². The molecule has 0 aliphatic carbocycles. The van der Waals surface area contributed by atoms with E-state index in [0.717, 1.165) is 10.9 Å². The van der Waals surface area contributed by atoms with Crippen LogP contribution in [0.3, 0.4) is 0 Å². The molecule has 10 heteroatoms. The zero-order valence-electron chi connectivity index (χ0n) is 19.8. The molecule has 4 rings (SSSR count). The Balaban J connectivity index is 1.71. The Morgan fingerprint density at radius 1 is 1.11 bits per heavy atom. The van der Waals surface area contributed by atoms with E-state index in [4.69, 9.17) is 4.74 Å². The number of amides is 2. The molecule has 3 N–H and O–H groups in total. The molecule has 0 saturated carbocycles. The number of anilines is 3. The molecule has 0 aliphatic rings. The third-order valence-corrected chi connectivity index (χ3v) is 6.19. The van der Waals surface area contributed by atoms with Crippen LogP contribution in [0, 0.1) is 5.82 Å². The lowest BCUT2D eigenvalue weighted by molar-refractivity contribution is 0.210. The van der Waals surface area contributed by atoms with Crippen molar-refractivity contribution in [2.24, 2.45) is 0 Å². The van der Waals surface area contributed by atoms with Crippen molar-refractivity contribution in [1.29, 1.82) is 0 Å². The number of hydrogen-bond donors (Lipinski definition) is 3. The first-order valence-electron chi connectivity index (χ1n) is 11.3. The highest BCUT2D eigenvalue weighted by atomic mass is 79.9. The fourth-order valence-electron chi connectivity index (χ4n) is 3.81. The first-order valence-corrected chi connectivity index (χ1v) is 12.1. The average molecular weight is 554 g/mol. The lowest BCUT2D eigenvalue weighted by Crippen LogP contribution is -2.22. The van der Waals surface area contributed by atoms with Crippen LogP contribution < -0.4 is 21.5 Å². The van der Waals surface area contributed by atoms with Crippen LogP contribution in [0.2, 0.25) is 0 Å². The lowest BCUT2D eigenvalue weighted by Gasteiger charge is -2.15. The van der Waals surface area contributed by atoms with Crippen LogP contribution in [0.5, 0.6) is 0 Å².